The van der Waals surface area contributed by atoms with E-state index in [-0.39, 0.29) is 12.6 Å². The highest BCUT2D eigenvalue weighted by atomic mass is 35.5. The molecule has 1 unspecified atom stereocenters. The number of carbonyl (C=O) groups is 1. The molecule has 8 heteroatoms. The van der Waals surface area contributed by atoms with Gasteiger partial charge in [-0.1, -0.05) is 53.5 Å². The molecule has 0 radical (unpaired) electrons. The Labute approximate surface area is 216 Å². The number of nitriles is 1. The van der Waals surface area contributed by atoms with E-state index in [4.69, 9.17) is 38.9 Å². The zero-order valence-corrected chi connectivity index (χ0v) is 21.0. The number of piperazine rings is 1. The molecule has 0 aromatic heterocycles. The Kier molecular flexibility index (Phi) is 9.80. The largest absolute Gasteiger partial charge is 0.484 e. The van der Waals surface area contributed by atoms with Crippen LogP contribution in [0.5, 0.6) is 5.75 Å². The van der Waals surface area contributed by atoms with E-state index < -0.39 is 5.91 Å². The number of halogens is 2. The summed E-state index contributed by atoms with van der Waals surface area (Å²) >= 11 is 12.0. The monoisotopic (exact) mass is 510 g/mol. The Hall–Kier alpha value is -3.24. The molecule has 1 fully saturated rings. The number of nitrogens with zero attached hydrogens (tertiary/aromatic N) is 3. The predicted molar refractivity (Wildman–Crippen MR) is 141 cm³/mol. The van der Waals surface area contributed by atoms with Gasteiger partial charge in [-0.25, -0.2) is 0 Å². The second kappa shape index (κ2) is 13.0. The lowest BCUT2D eigenvalue weighted by atomic mass is 10.0. The smallest absolute Gasteiger partial charge is 0.255 e. The Morgan fingerprint density at radius 3 is 2.20 bits per heavy atom. The van der Waals surface area contributed by atoms with Crippen molar-refractivity contribution in [1.82, 2.24) is 4.90 Å². The zero-order valence-electron chi connectivity index (χ0n) is 19.5. The zero-order chi connectivity index (χ0) is 25.2. The minimum absolute atomic E-state index is 0.165. The molecule has 1 aliphatic heterocycles. The fraction of sp³-hybridized carbons (Fsp3) is 0.259. The van der Waals surface area contributed by atoms with E-state index in [1.807, 2.05) is 60.7 Å². The predicted octanol–water partition coefficient (Wildman–Crippen LogP) is 5.30. The van der Waals surface area contributed by atoms with Crippen molar-refractivity contribution in [3.63, 3.8) is 0 Å². The number of nitrogens with two attached hydrogens (primary N) is 1. The van der Waals surface area contributed by atoms with Gasteiger partial charge in [0.15, 0.2) is 6.61 Å². The normalized spacial score (nSPS) is 14.3. The first-order chi connectivity index (χ1) is 16.9. The van der Waals surface area contributed by atoms with Crippen LogP contribution in [0.3, 0.4) is 0 Å². The molecule has 3 aromatic carbocycles. The molecule has 0 bridgehead atoms. The Bertz CT molecular complexity index is 1140. The van der Waals surface area contributed by atoms with Crippen LogP contribution in [0.4, 0.5) is 5.69 Å². The van der Waals surface area contributed by atoms with E-state index in [2.05, 4.69) is 22.8 Å². The molecule has 1 aliphatic rings. The first-order valence-corrected chi connectivity index (χ1v) is 12.0. The number of anilines is 1. The fourth-order valence-electron chi connectivity index (χ4n) is 3.80. The highest BCUT2D eigenvalue weighted by molar-refractivity contribution is 6.33. The van der Waals surface area contributed by atoms with Crippen molar-refractivity contribution in [2.75, 3.05) is 37.7 Å². The lowest BCUT2D eigenvalue weighted by Gasteiger charge is -2.39. The van der Waals surface area contributed by atoms with E-state index in [1.54, 1.807) is 12.1 Å². The number of ether oxygens (including phenoxy) is 1. The molecule has 0 aliphatic carbocycles. The number of carbonyl (C=O) groups excluding carboxylic acids is 1. The van der Waals surface area contributed by atoms with Gasteiger partial charge in [-0.2, -0.15) is 5.26 Å². The van der Waals surface area contributed by atoms with Gasteiger partial charge in [0.05, 0.1) is 22.3 Å². The Morgan fingerprint density at radius 2 is 1.69 bits per heavy atom. The number of hydrogen-bond donors (Lipinski definition) is 1. The highest BCUT2D eigenvalue weighted by Crippen LogP contribution is 2.31. The van der Waals surface area contributed by atoms with Crippen molar-refractivity contribution in [3.8, 4) is 11.8 Å². The first kappa shape index (κ1) is 26.4. The number of amides is 1. The van der Waals surface area contributed by atoms with Crippen LogP contribution in [0.2, 0.25) is 10.0 Å². The number of hydrogen-bond acceptors (Lipinski definition) is 5. The maximum Gasteiger partial charge on any atom is 0.255 e. The van der Waals surface area contributed by atoms with Crippen molar-refractivity contribution in [1.29, 1.82) is 5.26 Å². The van der Waals surface area contributed by atoms with Crippen molar-refractivity contribution in [2.24, 2.45) is 5.73 Å². The van der Waals surface area contributed by atoms with Gasteiger partial charge in [0.1, 0.15) is 5.75 Å². The molecule has 1 amide bonds. The second-order valence-corrected chi connectivity index (χ2v) is 8.94. The molecule has 182 valence electrons. The lowest BCUT2D eigenvalue weighted by molar-refractivity contribution is -0.119. The molecule has 0 spiro atoms. The van der Waals surface area contributed by atoms with E-state index in [0.29, 0.717) is 16.3 Å². The van der Waals surface area contributed by atoms with E-state index in [1.165, 1.54) is 5.56 Å². The molecule has 1 heterocycles. The van der Waals surface area contributed by atoms with Crippen molar-refractivity contribution in [3.05, 3.63) is 94.0 Å². The number of primary amides is 1. The molecule has 1 saturated heterocycles. The maximum absolute atomic E-state index is 10.8. The molecule has 3 aromatic rings. The van der Waals surface area contributed by atoms with Crippen LogP contribution in [0.1, 0.15) is 24.1 Å². The summed E-state index contributed by atoms with van der Waals surface area (Å²) in [7, 11) is 0. The van der Waals surface area contributed by atoms with Crippen LogP contribution in [-0.2, 0) is 4.79 Å². The Morgan fingerprint density at radius 1 is 1.03 bits per heavy atom. The minimum atomic E-state index is -0.521. The van der Waals surface area contributed by atoms with Crippen LogP contribution >= 0.6 is 23.2 Å². The van der Waals surface area contributed by atoms with Gasteiger partial charge in [0.2, 0.25) is 0 Å². The standard InChI is InChI=1S/C21H23ClN4O2.C6H5Cl/c1-15(17-4-2-16(13-23)3-5-17)25-8-10-26(11-9-25)20-7-6-18(12-19(20)22)28-14-21(24)27;7-6-4-2-1-3-5-6/h2-7,12,15H,8-11,14H2,1H3,(H2,24,27);1-5H. The first-order valence-electron chi connectivity index (χ1n) is 11.3. The van der Waals surface area contributed by atoms with Crippen LogP contribution in [0.25, 0.3) is 0 Å². The van der Waals surface area contributed by atoms with Gasteiger partial charge < -0.3 is 15.4 Å². The summed E-state index contributed by atoms with van der Waals surface area (Å²) in [6.07, 6.45) is 0. The summed E-state index contributed by atoms with van der Waals surface area (Å²) in [5.41, 5.74) is 7.94. The molecule has 6 nitrogen and oxygen atoms in total. The second-order valence-electron chi connectivity index (χ2n) is 8.10. The highest BCUT2D eigenvalue weighted by Gasteiger charge is 2.23. The van der Waals surface area contributed by atoms with Gasteiger partial charge in [-0.05, 0) is 48.9 Å². The van der Waals surface area contributed by atoms with E-state index >= 15 is 0 Å². The Balaban J connectivity index is 0.000000420. The van der Waals surface area contributed by atoms with Crippen LogP contribution in [0.15, 0.2) is 72.8 Å². The molecule has 35 heavy (non-hydrogen) atoms. The van der Waals surface area contributed by atoms with Crippen molar-refractivity contribution < 1.29 is 9.53 Å². The summed E-state index contributed by atoms with van der Waals surface area (Å²) in [6.45, 7) is 5.58. The molecule has 0 saturated carbocycles. The quantitative estimate of drug-likeness (QED) is 0.486. The van der Waals surface area contributed by atoms with E-state index in [0.717, 1.165) is 36.9 Å². The summed E-state index contributed by atoms with van der Waals surface area (Å²) in [4.78, 5) is 15.5. The minimum Gasteiger partial charge on any atom is -0.484 e. The third-order valence-corrected chi connectivity index (χ3v) is 6.31. The van der Waals surface area contributed by atoms with Crippen molar-refractivity contribution >= 4 is 34.8 Å². The van der Waals surface area contributed by atoms with Gasteiger partial charge in [0.25, 0.3) is 5.91 Å². The van der Waals surface area contributed by atoms with Crippen LogP contribution in [-0.4, -0.2) is 43.6 Å². The van der Waals surface area contributed by atoms with Crippen LogP contribution < -0.4 is 15.4 Å². The van der Waals surface area contributed by atoms with Crippen LogP contribution in [0, 0.1) is 11.3 Å². The SMILES string of the molecule is CC(c1ccc(C#N)cc1)N1CCN(c2ccc(OCC(N)=O)cc2Cl)CC1.Clc1ccccc1. The van der Waals surface area contributed by atoms with Gasteiger partial charge in [0, 0.05) is 43.3 Å². The summed E-state index contributed by atoms with van der Waals surface area (Å²) in [6, 6.07) is 25.1. The van der Waals surface area contributed by atoms with Crippen molar-refractivity contribution in [2.45, 2.75) is 13.0 Å². The number of rotatable bonds is 6. The maximum atomic E-state index is 10.8. The molecule has 4 rings (SSSR count). The van der Waals surface area contributed by atoms with Gasteiger partial charge >= 0.3 is 0 Å². The lowest BCUT2D eigenvalue weighted by Crippen LogP contribution is -2.47. The average molecular weight is 511 g/mol. The van der Waals surface area contributed by atoms with Gasteiger partial charge in [-0.15, -0.1) is 0 Å². The summed E-state index contributed by atoms with van der Waals surface area (Å²) < 4.78 is 5.30. The third kappa shape index (κ3) is 7.90. The average Bonchev–Trinajstić information content (AvgIpc) is 2.88. The molecule has 1 atom stereocenters. The molecule has 2 N–H and O–H groups in total. The fourth-order valence-corrected chi connectivity index (χ4v) is 4.24. The topological polar surface area (TPSA) is 82.6 Å². The summed E-state index contributed by atoms with van der Waals surface area (Å²) in [5, 5.41) is 10.3. The molecular weight excluding hydrogens is 483 g/mol. The summed E-state index contributed by atoms with van der Waals surface area (Å²) in [5.74, 6) is 0.00771. The third-order valence-electron chi connectivity index (χ3n) is 5.76. The van der Waals surface area contributed by atoms with E-state index in [9.17, 15) is 4.79 Å². The number of benzene rings is 3. The molecular formula is C27H28Cl2N4O2. The van der Waals surface area contributed by atoms with Gasteiger partial charge in [-0.3, -0.25) is 9.69 Å².